The minimum absolute atomic E-state index is 0.0728. The Morgan fingerprint density at radius 2 is 2.04 bits per heavy atom. The molecular weight excluding hydrogens is 350 g/mol. The molecule has 1 aliphatic heterocycles. The quantitative estimate of drug-likeness (QED) is 0.465. The van der Waals surface area contributed by atoms with Crippen molar-refractivity contribution in [1.29, 1.82) is 0 Å². The molecule has 1 aliphatic rings. The fourth-order valence-corrected chi connectivity index (χ4v) is 4.38. The molecule has 0 aromatic heterocycles. The summed E-state index contributed by atoms with van der Waals surface area (Å²) in [6, 6.07) is 10.2. The fraction of sp³-hybridized carbons (Fsp3) is 0.632. The van der Waals surface area contributed by atoms with Crippen LogP contribution < -0.4 is 5.32 Å². The summed E-state index contributed by atoms with van der Waals surface area (Å²) >= 11 is 0. The number of rotatable bonds is 6. The molecule has 1 fully saturated rings. The van der Waals surface area contributed by atoms with Crippen LogP contribution in [0.3, 0.4) is 0 Å². The monoisotopic (exact) mass is 381 g/mol. The standard InChI is InChI=1S/C19H31N3O3S/c1-16(17-9-6-5-7-10-17)25-13-8-11-21-18(20-4)22-12-14-26(23,24)19(2,3)15-22/h5-7,9-10,16H,8,11-15H2,1-4H3,(H,20,21). The lowest BCUT2D eigenvalue weighted by Gasteiger charge is -2.39. The van der Waals surface area contributed by atoms with Crippen molar-refractivity contribution in [1.82, 2.24) is 10.2 Å². The summed E-state index contributed by atoms with van der Waals surface area (Å²) < 4.78 is 29.4. The highest BCUT2D eigenvalue weighted by molar-refractivity contribution is 7.92. The average Bonchev–Trinajstić information content (AvgIpc) is 2.61. The van der Waals surface area contributed by atoms with Gasteiger partial charge in [-0.15, -0.1) is 0 Å². The van der Waals surface area contributed by atoms with Crippen LogP contribution in [0.15, 0.2) is 35.3 Å². The molecular formula is C19H31N3O3S. The van der Waals surface area contributed by atoms with E-state index in [1.807, 2.05) is 23.1 Å². The molecule has 1 N–H and O–H groups in total. The third kappa shape index (κ3) is 5.20. The predicted molar refractivity (Wildman–Crippen MR) is 106 cm³/mol. The molecule has 1 saturated heterocycles. The van der Waals surface area contributed by atoms with Crippen LogP contribution in [-0.2, 0) is 14.6 Å². The molecule has 1 aromatic carbocycles. The summed E-state index contributed by atoms with van der Waals surface area (Å²) in [6.07, 6.45) is 0.926. The first-order valence-electron chi connectivity index (χ1n) is 9.11. The van der Waals surface area contributed by atoms with Gasteiger partial charge in [0.05, 0.1) is 16.6 Å². The molecule has 146 valence electrons. The minimum atomic E-state index is -3.05. The van der Waals surface area contributed by atoms with E-state index < -0.39 is 14.6 Å². The van der Waals surface area contributed by atoms with Crippen LogP contribution in [0, 0.1) is 0 Å². The van der Waals surface area contributed by atoms with Crippen LogP contribution in [-0.4, -0.2) is 63.1 Å². The van der Waals surface area contributed by atoms with Crippen LogP contribution in [0.1, 0.15) is 38.9 Å². The highest BCUT2D eigenvalue weighted by Gasteiger charge is 2.40. The Kier molecular flexibility index (Phi) is 7.06. The van der Waals surface area contributed by atoms with E-state index >= 15 is 0 Å². The first kappa shape index (κ1) is 20.7. The summed E-state index contributed by atoms with van der Waals surface area (Å²) in [6.45, 7) is 7.93. The molecule has 1 atom stereocenters. The smallest absolute Gasteiger partial charge is 0.193 e. The summed E-state index contributed by atoms with van der Waals surface area (Å²) in [7, 11) is -1.32. The van der Waals surface area contributed by atoms with Crippen molar-refractivity contribution in [3.63, 3.8) is 0 Å². The van der Waals surface area contributed by atoms with Crippen molar-refractivity contribution < 1.29 is 13.2 Å². The molecule has 1 heterocycles. The first-order valence-corrected chi connectivity index (χ1v) is 10.8. The van der Waals surface area contributed by atoms with Crippen molar-refractivity contribution >= 4 is 15.8 Å². The highest BCUT2D eigenvalue weighted by Crippen LogP contribution is 2.23. The second kappa shape index (κ2) is 8.86. The van der Waals surface area contributed by atoms with Crippen molar-refractivity contribution in [3.8, 4) is 0 Å². The second-order valence-corrected chi connectivity index (χ2v) is 9.99. The molecule has 0 aliphatic carbocycles. The van der Waals surface area contributed by atoms with Crippen LogP contribution >= 0.6 is 0 Å². The topological polar surface area (TPSA) is 71.0 Å². The lowest BCUT2D eigenvalue weighted by atomic mass is 10.1. The molecule has 1 aromatic rings. The van der Waals surface area contributed by atoms with Gasteiger partial charge in [0.1, 0.15) is 0 Å². The summed E-state index contributed by atoms with van der Waals surface area (Å²) in [5.41, 5.74) is 1.17. The lowest BCUT2D eigenvalue weighted by molar-refractivity contribution is 0.0645. The van der Waals surface area contributed by atoms with Gasteiger partial charge < -0.3 is 15.0 Å². The number of benzene rings is 1. The van der Waals surface area contributed by atoms with E-state index in [1.54, 1.807) is 20.9 Å². The Morgan fingerprint density at radius 3 is 2.65 bits per heavy atom. The third-order valence-electron chi connectivity index (χ3n) is 4.80. The van der Waals surface area contributed by atoms with Gasteiger partial charge in [0.25, 0.3) is 0 Å². The Morgan fingerprint density at radius 1 is 1.35 bits per heavy atom. The Balaban J connectivity index is 1.74. The van der Waals surface area contributed by atoms with E-state index in [4.69, 9.17) is 4.74 Å². The number of sulfone groups is 1. The van der Waals surface area contributed by atoms with E-state index in [2.05, 4.69) is 29.4 Å². The molecule has 0 saturated carbocycles. The number of ether oxygens (including phenoxy) is 1. The first-order chi connectivity index (χ1) is 12.3. The number of aliphatic imine (C=N–C) groups is 1. The molecule has 0 amide bonds. The van der Waals surface area contributed by atoms with Crippen molar-refractivity contribution in [2.24, 2.45) is 4.99 Å². The van der Waals surface area contributed by atoms with Gasteiger partial charge in [-0.1, -0.05) is 30.3 Å². The zero-order valence-corrected chi connectivity index (χ0v) is 17.1. The largest absolute Gasteiger partial charge is 0.374 e. The average molecular weight is 382 g/mol. The SMILES string of the molecule is CN=C(NCCCOC(C)c1ccccc1)N1CCS(=O)(=O)C(C)(C)C1. The molecule has 0 radical (unpaired) electrons. The van der Waals surface area contributed by atoms with E-state index in [9.17, 15) is 8.42 Å². The molecule has 2 rings (SSSR count). The van der Waals surface area contributed by atoms with Gasteiger partial charge >= 0.3 is 0 Å². The van der Waals surface area contributed by atoms with Gasteiger partial charge in [-0.2, -0.15) is 0 Å². The van der Waals surface area contributed by atoms with E-state index in [0.717, 1.165) is 18.9 Å². The predicted octanol–water partition coefficient (Wildman–Crippen LogP) is 2.24. The third-order valence-corrected chi connectivity index (χ3v) is 7.33. The maximum Gasteiger partial charge on any atom is 0.193 e. The van der Waals surface area contributed by atoms with E-state index in [0.29, 0.717) is 19.7 Å². The van der Waals surface area contributed by atoms with Crippen LogP contribution in [0.2, 0.25) is 0 Å². The summed E-state index contributed by atoms with van der Waals surface area (Å²) in [4.78, 5) is 6.32. The van der Waals surface area contributed by atoms with Crippen molar-refractivity contribution in [3.05, 3.63) is 35.9 Å². The molecule has 26 heavy (non-hydrogen) atoms. The van der Waals surface area contributed by atoms with E-state index in [-0.39, 0.29) is 11.9 Å². The van der Waals surface area contributed by atoms with E-state index in [1.165, 1.54) is 5.56 Å². The molecule has 0 spiro atoms. The zero-order chi connectivity index (χ0) is 19.2. The maximum absolute atomic E-state index is 12.1. The molecule has 6 nitrogen and oxygen atoms in total. The van der Waals surface area contributed by atoms with Crippen LogP contribution in [0.4, 0.5) is 0 Å². The summed E-state index contributed by atoms with van der Waals surface area (Å²) in [5, 5.41) is 3.32. The Hall–Kier alpha value is -1.60. The van der Waals surface area contributed by atoms with Crippen molar-refractivity contribution in [2.45, 2.75) is 38.0 Å². The van der Waals surface area contributed by atoms with Crippen molar-refractivity contribution in [2.75, 3.05) is 39.0 Å². The lowest BCUT2D eigenvalue weighted by Crippen LogP contribution is -2.57. The maximum atomic E-state index is 12.1. The number of hydrogen-bond acceptors (Lipinski definition) is 4. The molecule has 7 heteroatoms. The van der Waals surface area contributed by atoms with Gasteiger partial charge in [-0.3, -0.25) is 4.99 Å². The number of nitrogens with zero attached hydrogens (tertiary/aromatic N) is 2. The summed E-state index contributed by atoms with van der Waals surface area (Å²) in [5.74, 6) is 0.919. The highest BCUT2D eigenvalue weighted by atomic mass is 32.2. The fourth-order valence-electron chi connectivity index (χ4n) is 3.01. The van der Waals surface area contributed by atoms with Crippen LogP contribution in [0.5, 0.6) is 0 Å². The Labute approximate surface area is 157 Å². The van der Waals surface area contributed by atoms with Crippen LogP contribution in [0.25, 0.3) is 0 Å². The van der Waals surface area contributed by atoms with Gasteiger partial charge in [-0.05, 0) is 32.8 Å². The Bertz CT molecular complexity index is 702. The molecule has 1 unspecified atom stereocenters. The number of nitrogens with one attached hydrogen (secondary N) is 1. The zero-order valence-electron chi connectivity index (χ0n) is 16.2. The van der Waals surface area contributed by atoms with Gasteiger partial charge in [-0.25, -0.2) is 8.42 Å². The normalized spacial score (nSPS) is 20.6. The molecule has 0 bridgehead atoms. The van der Waals surface area contributed by atoms with Gasteiger partial charge in [0, 0.05) is 33.3 Å². The van der Waals surface area contributed by atoms with Gasteiger partial charge in [0.15, 0.2) is 15.8 Å². The number of hydrogen-bond donors (Lipinski definition) is 1. The second-order valence-electron chi connectivity index (χ2n) is 7.25. The van der Waals surface area contributed by atoms with Gasteiger partial charge in [0.2, 0.25) is 0 Å². The minimum Gasteiger partial charge on any atom is -0.374 e. The number of guanidine groups is 1.